The molecule has 24 heavy (non-hydrogen) atoms. The second-order valence-electron chi connectivity index (χ2n) is 5.21. The van der Waals surface area contributed by atoms with E-state index >= 15 is 0 Å². The van der Waals surface area contributed by atoms with E-state index in [9.17, 15) is 9.59 Å². The SMILES string of the molecule is COC(=O)CNC(=O)c1ncc(Cc2ccccc2)c(C)c1OC. The van der Waals surface area contributed by atoms with Crippen molar-refractivity contribution in [3.05, 3.63) is 58.9 Å². The maximum absolute atomic E-state index is 12.2. The highest BCUT2D eigenvalue weighted by Gasteiger charge is 2.19. The van der Waals surface area contributed by atoms with Crippen molar-refractivity contribution in [3.63, 3.8) is 0 Å². The van der Waals surface area contributed by atoms with Crippen LogP contribution in [0.2, 0.25) is 0 Å². The zero-order chi connectivity index (χ0) is 17.5. The fourth-order valence-corrected chi connectivity index (χ4v) is 2.34. The van der Waals surface area contributed by atoms with Crippen LogP contribution in [0.5, 0.6) is 5.75 Å². The monoisotopic (exact) mass is 328 g/mol. The van der Waals surface area contributed by atoms with Crippen LogP contribution in [0.1, 0.15) is 27.2 Å². The molecule has 1 aromatic heterocycles. The standard InChI is InChI=1S/C18H20N2O4/c1-12-14(9-13-7-5-4-6-8-13)10-19-16(17(12)24-3)18(22)20-11-15(21)23-2/h4-8,10H,9,11H2,1-3H3,(H,20,22). The van der Waals surface area contributed by atoms with Crippen LogP contribution in [-0.4, -0.2) is 37.6 Å². The largest absolute Gasteiger partial charge is 0.494 e. The van der Waals surface area contributed by atoms with Gasteiger partial charge in [0, 0.05) is 6.20 Å². The number of benzene rings is 1. The third-order valence-electron chi connectivity index (χ3n) is 3.66. The van der Waals surface area contributed by atoms with Crippen molar-refractivity contribution in [1.82, 2.24) is 10.3 Å². The molecular formula is C18H20N2O4. The summed E-state index contributed by atoms with van der Waals surface area (Å²) in [5, 5.41) is 2.46. The third kappa shape index (κ3) is 4.10. The molecule has 0 saturated carbocycles. The van der Waals surface area contributed by atoms with Crippen LogP contribution in [0.3, 0.4) is 0 Å². The molecule has 2 aromatic rings. The molecule has 0 bridgehead atoms. The van der Waals surface area contributed by atoms with E-state index in [1.807, 2.05) is 37.3 Å². The van der Waals surface area contributed by atoms with Crippen molar-refractivity contribution in [3.8, 4) is 5.75 Å². The number of nitrogens with one attached hydrogen (secondary N) is 1. The number of methoxy groups -OCH3 is 2. The van der Waals surface area contributed by atoms with Crippen LogP contribution in [0.15, 0.2) is 36.5 Å². The zero-order valence-corrected chi connectivity index (χ0v) is 14.0. The van der Waals surface area contributed by atoms with E-state index in [1.165, 1.54) is 14.2 Å². The lowest BCUT2D eigenvalue weighted by Crippen LogP contribution is -2.31. The van der Waals surface area contributed by atoms with E-state index in [1.54, 1.807) is 6.20 Å². The number of hydrogen-bond donors (Lipinski definition) is 1. The van der Waals surface area contributed by atoms with Crippen LogP contribution < -0.4 is 10.1 Å². The highest BCUT2D eigenvalue weighted by Crippen LogP contribution is 2.26. The van der Waals surface area contributed by atoms with Crippen molar-refractivity contribution in [2.24, 2.45) is 0 Å². The molecule has 0 fully saturated rings. The van der Waals surface area contributed by atoms with Gasteiger partial charge in [0.2, 0.25) is 0 Å². The van der Waals surface area contributed by atoms with Gasteiger partial charge in [-0.25, -0.2) is 4.98 Å². The van der Waals surface area contributed by atoms with E-state index in [4.69, 9.17) is 4.74 Å². The van der Waals surface area contributed by atoms with E-state index < -0.39 is 11.9 Å². The van der Waals surface area contributed by atoms with Gasteiger partial charge in [0.25, 0.3) is 5.91 Å². The van der Waals surface area contributed by atoms with Crippen LogP contribution in [0.4, 0.5) is 0 Å². The summed E-state index contributed by atoms with van der Waals surface area (Å²) in [6.45, 7) is 1.67. The summed E-state index contributed by atoms with van der Waals surface area (Å²) in [6, 6.07) is 9.98. The Morgan fingerprint density at radius 1 is 1.17 bits per heavy atom. The van der Waals surface area contributed by atoms with Gasteiger partial charge in [0.15, 0.2) is 11.4 Å². The van der Waals surface area contributed by atoms with Gasteiger partial charge < -0.3 is 14.8 Å². The minimum Gasteiger partial charge on any atom is -0.494 e. The smallest absolute Gasteiger partial charge is 0.325 e. The molecular weight excluding hydrogens is 308 g/mol. The number of hydrogen-bond acceptors (Lipinski definition) is 5. The van der Waals surface area contributed by atoms with E-state index in [0.29, 0.717) is 12.2 Å². The first-order valence-corrected chi connectivity index (χ1v) is 7.48. The molecule has 0 spiro atoms. The van der Waals surface area contributed by atoms with Crippen molar-refractivity contribution >= 4 is 11.9 Å². The summed E-state index contributed by atoms with van der Waals surface area (Å²) >= 11 is 0. The van der Waals surface area contributed by atoms with Gasteiger partial charge in [0.1, 0.15) is 6.54 Å². The number of rotatable bonds is 6. The lowest BCUT2D eigenvalue weighted by molar-refractivity contribution is -0.139. The first kappa shape index (κ1) is 17.5. The average Bonchev–Trinajstić information content (AvgIpc) is 2.61. The van der Waals surface area contributed by atoms with E-state index in [-0.39, 0.29) is 12.2 Å². The Hall–Kier alpha value is -2.89. The lowest BCUT2D eigenvalue weighted by Gasteiger charge is -2.14. The fraction of sp³-hybridized carbons (Fsp3) is 0.278. The number of pyridine rings is 1. The molecule has 0 aliphatic heterocycles. The van der Waals surface area contributed by atoms with Gasteiger partial charge in [-0.15, -0.1) is 0 Å². The minimum absolute atomic E-state index is 0.149. The molecule has 0 aliphatic carbocycles. The third-order valence-corrected chi connectivity index (χ3v) is 3.66. The van der Waals surface area contributed by atoms with Gasteiger partial charge in [-0.2, -0.15) is 0 Å². The topological polar surface area (TPSA) is 77.5 Å². The highest BCUT2D eigenvalue weighted by molar-refractivity contribution is 5.97. The quantitative estimate of drug-likeness (QED) is 0.820. The van der Waals surface area contributed by atoms with Gasteiger partial charge in [-0.3, -0.25) is 9.59 Å². The van der Waals surface area contributed by atoms with Crippen LogP contribution in [0, 0.1) is 6.92 Å². The lowest BCUT2D eigenvalue weighted by atomic mass is 10.0. The first-order chi connectivity index (χ1) is 11.6. The summed E-state index contributed by atoms with van der Waals surface area (Å²) in [5.74, 6) is -0.600. The molecule has 0 unspecified atom stereocenters. The number of carbonyl (C=O) groups is 2. The molecule has 0 aliphatic rings. The molecule has 1 aromatic carbocycles. The number of ether oxygens (including phenoxy) is 2. The van der Waals surface area contributed by atoms with Crippen LogP contribution >= 0.6 is 0 Å². The summed E-state index contributed by atoms with van der Waals surface area (Å²) in [4.78, 5) is 27.6. The molecule has 2 rings (SSSR count). The summed E-state index contributed by atoms with van der Waals surface area (Å²) < 4.78 is 9.87. The molecule has 126 valence electrons. The maximum atomic E-state index is 12.2. The number of carbonyl (C=O) groups excluding carboxylic acids is 2. The van der Waals surface area contributed by atoms with Crippen molar-refractivity contribution in [1.29, 1.82) is 0 Å². The Balaban J connectivity index is 2.24. The average molecular weight is 328 g/mol. The maximum Gasteiger partial charge on any atom is 0.325 e. The Labute approximate surface area is 140 Å². The molecule has 1 heterocycles. The van der Waals surface area contributed by atoms with E-state index in [0.717, 1.165) is 16.7 Å². The zero-order valence-electron chi connectivity index (χ0n) is 14.0. The molecule has 1 amide bonds. The Kier molecular flexibility index (Phi) is 5.89. The predicted molar refractivity (Wildman–Crippen MR) is 89.1 cm³/mol. The molecule has 6 heteroatoms. The number of amides is 1. The summed E-state index contributed by atoms with van der Waals surface area (Å²) in [6.07, 6.45) is 2.36. The molecule has 1 N–H and O–H groups in total. The highest BCUT2D eigenvalue weighted by atomic mass is 16.5. The van der Waals surface area contributed by atoms with Crippen LogP contribution in [0.25, 0.3) is 0 Å². The number of esters is 1. The van der Waals surface area contributed by atoms with Gasteiger partial charge in [-0.05, 0) is 30.0 Å². The Bertz CT molecular complexity index is 729. The van der Waals surface area contributed by atoms with Crippen molar-refractivity contribution < 1.29 is 19.1 Å². The molecule has 0 radical (unpaired) electrons. The van der Waals surface area contributed by atoms with Gasteiger partial charge in [-0.1, -0.05) is 30.3 Å². The van der Waals surface area contributed by atoms with Crippen molar-refractivity contribution in [2.45, 2.75) is 13.3 Å². The second-order valence-corrected chi connectivity index (χ2v) is 5.21. The molecule has 6 nitrogen and oxygen atoms in total. The Morgan fingerprint density at radius 2 is 1.88 bits per heavy atom. The summed E-state index contributed by atoms with van der Waals surface area (Å²) in [5.41, 5.74) is 3.12. The first-order valence-electron chi connectivity index (χ1n) is 7.48. The number of nitrogens with zero attached hydrogens (tertiary/aromatic N) is 1. The normalized spacial score (nSPS) is 10.1. The number of aromatic nitrogens is 1. The summed E-state index contributed by atoms with van der Waals surface area (Å²) in [7, 11) is 2.75. The molecule has 0 saturated heterocycles. The predicted octanol–water partition coefficient (Wildman–Crippen LogP) is 1.89. The fourth-order valence-electron chi connectivity index (χ4n) is 2.34. The molecule has 0 atom stereocenters. The van der Waals surface area contributed by atoms with Gasteiger partial charge in [0.05, 0.1) is 14.2 Å². The van der Waals surface area contributed by atoms with E-state index in [2.05, 4.69) is 15.0 Å². The Morgan fingerprint density at radius 3 is 2.50 bits per heavy atom. The minimum atomic E-state index is -0.528. The van der Waals surface area contributed by atoms with Crippen molar-refractivity contribution in [2.75, 3.05) is 20.8 Å². The van der Waals surface area contributed by atoms with Gasteiger partial charge >= 0.3 is 5.97 Å². The van der Waals surface area contributed by atoms with Crippen LogP contribution in [-0.2, 0) is 16.0 Å². The second kappa shape index (κ2) is 8.10.